The van der Waals surface area contributed by atoms with Crippen molar-refractivity contribution in [3.63, 3.8) is 0 Å². The highest BCUT2D eigenvalue weighted by molar-refractivity contribution is 7.92. The molecule has 1 aliphatic heterocycles. The van der Waals surface area contributed by atoms with E-state index in [2.05, 4.69) is 15.2 Å². The van der Waals surface area contributed by atoms with Gasteiger partial charge in [-0.3, -0.25) is 0 Å². The van der Waals surface area contributed by atoms with Crippen LogP contribution in [0.4, 0.5) is 29.3 Å². The van der Waals surface area contributed by atoms with Gasteiger partial charge in [0.2, 0.25) is 5.88 Å². The number of hydrogen-bond acceptors (Lipinski definition) is 8. The van der Waals surface area contributed by atoms with Crippen LogP contribution < -0.4 is 15.0 Å². The van der Waals surface area contributed by atoms with Crippen molar-refractivity contribution < 1.29 is 35.9 Å². The first-order chi connectivity index (χ1) is 18.6. The Bertz CT molecular complexity index is 1210. The molecule has 39 heavy (non-hydrogen) atoms. The molecule has 1 aliphatic carbocycles. The summed E-state index contributed by atoms with van der Waals surface area (Å²) in [5.74, 6) is 0.537. The van der Waals surface area contributed by atoms with E-state index in [0.29, 0.717) is 44.4 Å². The van der Waals surface area contributed by atoms with E-state index in [1.54, 1.807) is 11.1 Å². The summed E-state index contributed by atoms with van der Waals surface area (Å²) in [4.78, 5) is 19.6. The van der Waals surface area contributed by atoms with E-state index < -0.39 is 20.2 Å². The number of aromatic nitrogens is 1. The van der Waals surface area contributed by atoms with Crippen LogP contribution in [0.25, 0.3) is 0 Å². The molecule has 0 spiro atoms. The van der Waals surface area contributed by atoms with Crippen molar-refractivity contribution in [3.05, 3.63) is 42.6 Å². The lowest BCUT2D eigenvalue weighted by molar-refractivity contribution is -0.0436. The van der Waals surface area contributed by atoms with Gasteiger partial charge >= 0.3 is 11.6 Å². The van der Waals surface area contributed by atoms with Crippen LogP contribution in [-0.2, 0) is 14.6 Å². The average Bonchev–Trinajstić information content (AvgIpc) is 2.93. The molecule has 2 aromatic rings. The third-order valence-electron chi connectivity index (χ3n) is 6.85. The Hall–Kier alpha value is -3.22. The van der Waals surface area contributed by atoms with Crippen LogP contribution in [0.15, 0.2) is 47.5 Å². The highest BCUT2D eigenvalue weighted by atomic mass is 32.2. The Balaban J connectivity index is 1.24. The molecule has 1 saturated carbocycles. The fourth-order valence-electron chi connectivity index (χ4n) is 4.68. The van der Waals surface area contributed by atoms with Crippen LogP contribution in [-0.4, -0.2) is 74.8 Å². The zero-order valence-corrected chi connectivity index (χ0v) is 22.5. The van der Waals surface area contributed by atoms with Gasteiger partial charge in [-0.05, 0) is 62.4 Å². The number of carbonyl (C=O) groups is 1. The summed E-state index contributed by atoms with van der Waals surface area (Å²) in [6.07, 6.45) is 5.31. The number of rotatable bonds is 8. The van der Waals surface area contributed by atoms with Crippen molar-refractivity contribution >= 4 is 27.3 Å². The van der Waals surface area contributed by atoms with Crippen molar-refractivity contribution in [2.24, 2.45) is 0 Å². The van der Waals surface area contributed by atoms with E-state index in [0.717, 1.165) is 49.9 Å². The van der Waals surface area contributed by atoms with Crippen molar-refractivity contribution in [3.8, 4) is 5.88 Å². The number of ether oxygens (including phenoxy) is 2. The second kappa shape index (κ2) is 12.3. The Morgan fingerprint density at radius 1 is 1.05 bits per heavy atom. The second-order valence-electron chi connectivity index (χ2n) is 9.65. The second-order valence-corrected chi connectivity index (χ2v) is 11.6. The number of amides is 1. The molecule has 214 valence electrons. The molecule has 1 aromatic heterocycles. The normalized spacial score (nSPS) is 20.4. The predicted molar refractivity (Wildman–Crippen MR) is 140 cm³/mol. The Morgan fingerprint density at radius 3 is 2.33 bits per heavy atom. The third kappa shape index (κ3) is 7.25. The molecule has 1 saturated heterocycles. The summed E-state index contributed by atoms with van der Waals surface area (Å²) in [6.45, 7) is 4.92. The van der Waals surface area contributed by atoms with E-state index in [9.17, 15) is 26.4 Å². The molecule has 9 nitrogen and oxygen atoms in total. The third-order valence-corrected chi connectivity index (χ3v) is 8.36. The summed E-state index contributed by atoms with van der Waals surface area (Å²) in [5.41, 5.74) is -3.78. The fourth-order valence-corrected chi connectivity index (χ4v) is 5.45. The zero-order chi connectivity index (χ0) is 28.0. The number of nitrogens with one attached hydrogen (secondary N) is 1. The minimum atomic E-state index is -5.36. The van der Waals surface area contributed by atoms with Gasteiger partial charge in [-0.15, -0.1) is 0 Å². The minimum Gasteiger partial charge on any atom is -0.474 e. The van der Waals surface area contributed by atoms with E-state index in [1.165, 1.54) is 12.1 Å². The predicted octanol–water partition coefficient (Wildman–Crippen LogP) is 4.85. The van der Waals surface area contributed by atoms with Gasteiger partial charge in [0.05, 0.1) is 11.5 Å². The van der Waals surface area contributed by atoms with Crippen LogP contribution in [0.3, 0.4) is 0 Å². The molecular formula is C26H33F3N4O5S. The standard InChI is InChI=1S/C26H33F3N4O5S/c1-2-17-37-25(34)33-15-13-32(14-16-33)21-11-12-30-24(18-21)38-22-7-3-19(4-8-22)31-20-5-9-23(10-6-20)39(35,36)26(27,28)29/h5-6,9-12,18-19,22,31H,2-4,7-8,13-17H2,1H3/t19-,22-. The van der Waals surface area contributed by atoms with Gasteiger partial charge in [0.25, 0.3) is 9.84 Å². The average molecular weight is 571 g/mol. The van der Waals surface area contributed by atoms with Gasteiger partial charge in [0.15, 0.2) is 0 Å². The molecular weight excluding hydrogens is 537 g/mol. The first-order valence-electron chi connectivity index (χ1n) is 13.0. The lowest BCUT2D eigenvalue weighted by Crippen LogP contribution is -2.49. The lowest BCUT2D eigenvalue weighted by Gasteiger charge is -2.35. The van der Waals surface area contributed by atoms with Crippen molar-refractivity contribution in [1.29, 1.82) is 0 Å². The Labute approximate surface area is 226 Å². The fraction of sp³-hybridized carbons (Fsp3) is 0.538. The monoisotopic (exact) mass is 570 g/mol. The first-order valence-corrected chi connectivity index (χ1v) is 14.5. The maximum atomic E-state index is 12.7. The van der Waals surface area contributed by atoms with Gasteiger partial charge in [-0.2, -0.15) is 13.2 Å². The number of anilines is 2. The van der Waals surface area contributed by atoms with E-state index >= 15 is 0 Å². The number of nitrogens with zero attached hydrogens (tertiary/aromatic N) is 3. The molecule has 0 bridgehead atoms. The number of sulfone groups is 1. The maximum absolute atomic E-state index is 12.7. The number of piperazine rings is 1. The van der Waals surface area contributed by atoms with E-state index in [4.69, 9.17) is 9.47 Å². The molecule has 0 unspecified atom stereocenters. The highest BCUT2D eigenvalue weighted by Crippen LogP contribution is 2.32. The topological polar surface area (TPSA) is 101 Å². The Morgan fingerprint density at radius 2 is 1.72 bits per heavy atom. The van der Waals surface area contributed by atoms with Gasteiger partial charge in [-0.1, -0.05) is 6.92 Å². The van der Waals surface area contributed by atoms with Gasteiger partial charge in [-0.25, -0.2) is 18.2 Å². The molecule has 2 heterocycles. The van der Waals surface area contributed by atoms with Crippen LogP contribution in [0, 0.1) is 0 Å². The SMILES string of the molecule is CCCOC(=O)N1CCN(c2ccnc(O[C@H]3CC[C@H](Nc4ccc(S(=O)(=O)C(F)(F)F)cc4)CC3)c2)CC1. The highest BCUT2D eigenvalue weighted by Gasteiger charge is 2.46. The van der Waals surface area contributed by atoms with Gasteiger partial charge in [0, 0.05) is 55.9 Å². The summed E-state index contributed by atoms with van der Waals surface area (Å²) >= 11 is 0. The number of benzene rings is 1. The number of pyridine rings is 1. The lowest BCUT2D eigenvalue weighted by atomic mass is 9.92. The molecule has 4 rings (SSSR count). The first kappa shape index (κ1) is 28.8. The zero-order valence-electron chi connectivity index (χ0n) is 21.7. The summed E-state index contributed by atoms with van der Waals surface area (Å²) in [6, 6.07) is 8.56. The van der Waals surface area contributed by atoms with Crippen LogP contribution in [0.5, 0.6) is 5.88 Å². The van der Waals surface area contributed by atoms with Crippen LogP contribution >= 0.6 is 0 Å². The number of hydrogen-bond donors (Lipinski definition) is 1. The molecule has 1 N–H and O–H groups in total. The van der Waals surface area contributed by atoms with Crippen LogP contribution in [0.1, 0.15) is 39.0 Å². The molecule has 1 aromatic carbocycles. The van der Waals surface area contributed by atoms with Crippen molar-refractivity contribution in [2.75, 3.05) is 43.0 Å². The molecule has 0 radical (unpaired) electrons. The van der Waals surface area contributed by atoms with Gasteiger partial charge < -0.3 is 24.6 Å². The quantitative estimate of drug-likeness (QED) is 0.481. The van der Waals surface area contributed by atoms with Gasteiger partial charge in [0.1, 0.15) is 6.10 Å². The molecule has 2 fully saturated rings. The molecule has 13 heteroatoms. The molecule has 2 aliphatic rings. The molecule has 0 atom stereocenters. The number of alkyl halides is 3. The summed E-state index contributed by atoms with van der Waals surface area (Å²) in [7, 11) is -5.36. The smallest absolute Gasteiger partial charge is 0.474 e. The van der Waals surface area contributed by atoms with E-state index in [1.807, 2.05) is 19.1 Å². The summed E-state index contributed by atoms with van der Waals surface area (Å²) < 4.78 is 72.7. The Kier molecular flexibility index (Phi) is 9.08. The van der Waals surface area contributed by atoms with Crippen molar-refractivity contribution in [2.45, 2.75) is 61.6 Å². The van der Waals surface area contributed by atoms with E-state index in [-0.39, 0.29) is 18.2 Å². The van der Waals surface area contributed by atoms with Crippen molar-refractivity contribution in [1.82, 2.24) is 9.88 Å². The number of halogens is 3. The maximum Gasteiger partial charge on any atom is 0.501 e. The molecule has 1 amide bonds. The summed E-state index contributed by atoms with van der Waals surface area (Å²) in [5, 5.41) is 3.27. The largest absolute Gasteiger partial charge is 0.501 e. The number of carbonyl (C=O) groups excluding carboxylic acids is 1. The van der Waals surface area contributed by atoms with Crippen LogP contribution in [0.2, 0.25) is 0 Å². The minimum absolute atomic E-state index is 0.0183.